The Labute approximate surface area is 174 Å². The Balaban J connectivity index is 2.10. The molecule has 1 saturated carbocycles. The molecule has 1 aliphatic carbocycles. The maximum absolute atomic E-state index is 13.0. The maximum Gasteiger partial charge on any atom is 0.329 e. The SMILES string of the molecule is CCOC(=O)C(CC1CCC1)n1cc(OC)c(-c2cc(Cl)ccc2C#N)cc1=O. The predicted octanol–water partition coefficient (Wildman–Crippen LogP) is 4.34. The van der Waals surface area contributed by atoms with Crippen LogP contribution in [0.4, 0.5) is 0 Å². The highest BCUT2D eigenvalue weighted by atomic mass is 35.5. The van der Waals surface area contributed by atoms with E-state index in [-0.39, 0.29) is 12.2 Å². The number of nitrogens with zero attached hydrogens (tertiary/aromatic N) is 2. The van der Waals surface area contributed by atoms with Gasteiger partial charge < -0.3 is 9.47 Å². The zero-order valence-electron chi connectivity index (χ0n) is 16.5. The molecule has 0 bridgehead atoms. The Kier molecular flexibility index (Phi) is 6.60. The molecule has 0 radical (unpaired) electrons. The van der Waals surface area contributed by atoms with Crippen molar-refractivity contribution in [1.82, 2.24) is 4.57 Å². The Bertz CT molecular complexity index is 1000. The van der Waals surface area contributed by atoms with Gasteiger partial charge in [-0.1, -0.05) is 30.9 Å². The third kappa shape index (κ3) is 4.46. The number of ether oxygens (including phenoxy) is 2. The highest BCUT2D eigenvalue weighted by molar-refractivity contribution is 6.31. The van der Waals surface area contributed by atoms with Crippen LogP contribution in [0.2, 0.25) is 5.02 Å². The number of rotatable bonds is 7. The molecule has 1 fully saturated rings. The molecule has 3 rings (SSSR count). The van der Waals surface area contributed by atoms with E-state index in [0.29, 0.717) is 39.8 Å². The van der Waals surface area contributed by atoms with Gasteiger partial charge in [-0.15, -0.1) is 0 Å². The van der Waals surface area contributed by atoms with Crippen molar-refractivity contribution in [3.63, 3.8) is 0 Å². The molecule has 29 heavy (non-hydrogen) atoms. The minimum Gasteiger partial charge on any atom is -0.495 e. The summed E-state index contributed by atoms with van der Waals surface area (Å²) in [4.78, 5) is 25.6. The Morgan fingerprint density at radius 3 is 2.69 bits per heavy atom. The van der Waals surface area contributed by atoms with Gasteiger partial charge in [-0.25, -0.2) is 4.79 Å². The minimum absolute atomic E-state index is 0.248. The van der Waals surface area contributed by atoms with E-state index >= 15 is 0 Å². The van der Waals surface area contributed by atoms with E-state index in [4.69, 9.17) is 21.1 Å². The number of benzene rings is 1. The normalized spacial score (nSPS) is 14.6. The number of esters is 1. The Hall–Kier alpha value is -2.78. The van der Waals surface area contributed by atoms with E-state index in [1.54, 1.807) is 25.1 Å². The van der Waals surface area contributed by atoms with E-state index in [0.717, 1.165) is 19.3 Å². The first-order valence-corrected chi connectivity index (χ1v) is 10.0. The third-order valence-corrected chi connectivity index (χ3v) is 5.57. The molecule has 1 unspecified atom stereocenters. The van der Waals surface area contributed by atoms with Crippen molar-refractivity contribution in [2.45, 2.75) is 38.6 Å². The molecule has 1 aromatic carbocycles. The fourth-order valence-electron chi connectivity index (χ4n) is 3.59. The van der Waals surface area contributed by atoms with Crippen molar-refractivity contribution in [3.8, 4) is 22.9 Å². The minimum atomic E-state index is -0.703. The molecule has 0 spiro atoms. The fourth-order valence-corrected chi connectivity index (χ4v) is 3.76. The van der Waals surface area contributed by atoms with E-state index in [2.05, 4.69) is 6.07 Å². The Morgan fingerprint density at radius 2 is 2.10 bits per heavy atom. The molecular weight excluding hydrogens is 392 g/mol. The van der Waals surface area contributed by atoms with Crippen LogP contribution in [0.15, 0.2) is 35.3 Å². The van der Waals surface area contributed by atoms with Gasteiger partial charge in [0.15, 0.2) is 0 Å². The lowest BCUT2D eigenvalue weighted by atomic mass is 9.80. The summed E-state index contributed by atoms with van der Waals surface area (Å²) in [6, 6.07) is 7.63. The lowest BCUT2D eigenvalue weighted by molar-refractivity contribution is -0.148. The Morgan fingerprint density at radius 1 is 1.34 bits per heavy atom. The molecule has 1 atom stereocenters. The average Bonchev–Trinajstić information content (AvgIpc) is 2.67. The van der Waals surface area contributed by atoms with Crippen molar-refractivity contribution in [2.75, 3.05) is 13.7 Å². The van der Waals surface area contributed by atoms with Crippen LogP contribution in [-0.2, 0) is 9.53 Å². The van der Waals surface area contributed by atoms with Gasteiger partial charge in [-0.3, -0.25) is 9.36 Å². The summed E-state index contributed by atoms with van der Waals surface area (Å²) in [7, 11) is 1.48. The van der Waals surface area contributed by atoms with Crippen molar-refractivity contribution >= 4 is 17.6 Å². The van der Waals surface area contributed by atoms with Crippen LogP contribution in [0, 0.1) is 17.2 Å². The smallest absolute Gasteiger partial charge is 0.329 e. The van der Waals surface area contributed by atoms with Crippen molar-refractivity contribution in [2.24, 2.45) is 5.92 Å². The number of hydrogen-bond donors (Lipinski definition) is 0. The molecule has 1 heterocycles. The van der Waals surface area contributed by atoms with Crippen LogP contribution in [0.3, 0.4) is 0 Å². The summed E-state index contributed by atoms with van der Waals surface area (Å²) in [6.45, 7) is 1.99. The van der Waals surface area contributed by atoms with Crippen LogP contribution < -0.4 is 10.3 Å². The van der Waals surface area contributed by atoms with E-state index in [1.165, 1.54) is 23.9 Å². The number of methoxy groups -OCH3 is 1. The molecule has 0 N–H and O–H groups in total. The quantitative estimate of drug-likeness (QED) is 0.629. The predicted molar refractivity (Wildman–Crippen MR) is 110 cm³/mol. The zero-order valence-corrected chi connectivity index (χ0v) is 17.2. The van der Waals surface area contributed by atoms with Crippen molar-refractivity contribution in [1.29, 1.82) is 5.26 Å². The topological polar surface area (TPSA) is 81.3 Å². The lowest BCUT2D eigenvalue weighted by Crippen LogP contribution is -2.33. The largest absolute Gasteiger partial charge is 0.495 e. The lowest BCUT2D eigenvalue weighted by Gasteiger charge is -2.29. The van der Waals surface area contributed by atoms with Gasteiger partial charge in [-0.2, -0.15) is 5.26 Å². The van der Waals surface area contributed by atoms with Crippen LogP contribution >= 0.6 is 11.6 Å². The summed E-state index contributed by atoms with van der Waals surface area (Å²) in [5.74, 6) is 0.364. The summed E-state index contributed by atoms with van der Waals surface area (Å²) < 4.78 is 12.1. The number of halogens is 1. The molecule has 6 nitrogen and oxygen atoms in total. The molecule has 0 saturated heterocycles. The highest BCUT2D eigenvalue weighted by Crippen LogP contribution is 2.36. The van der Waals surface area contributed by atoms with Crippen LogP contribution in [0.25, 0.3) is 11.1 Å². The summed E-state index contributed by atoms with van der Waals surface area (Å²) in [6.07, 6.45) is 5.33. The number of carbonyl (C=O) groups excluding carboxylic acids is 1. The second-order valence-corrected chi connectivity index (χ2v) is 7.54. The monoisotopic (exact) mass is 414 g/mol. The fraction of sp³-hybridized carbons (Fsp3) is 0.409. The van der Waals surface area contributed by atoms with Crippen LogP contribution in [-0.4, -0.2) is 24.3 Å². The molecule has 0 amide bonds. The van der Waals surface area contributed by atoms with Crippen LogP contribution in [0.5, 0.6) is 5.75 Å². The van der Waals surface area contributed by atoms with Gasteiger partial charge in [0.2, 0.25) is 0 Å². The molecule has 2 aromatic rings. The van der Waals surface area contributed by atoms with Gasteiger partial charge in [0.25, 0.3) is 5.56 Å². The van der Waals surface area contributed by atoms with E-state index in [1.807, 2.05) is 0 Å². The molecule has 152 valence electrons. The highest BCUT2D eigenvalue weighted by Gasteiger charge is 2.30. The molecule has 0 aliphatic heterocycles. The standard InChI is InChI=1S/C22H23ClN2O4/c1-3-29-22(27)19(9-14-5-4-6-14)25-13-20(28-2)18(11-21(25)26)17-10-16(23)8-7-15(17)12-24/h7-8,10-11,13-14,19H,3-6,9H2,1-2H3. The van der Waals surface area contributed by atoms with Gasteiger partial charge in [-0.05, 0) is 37.5 Å². The molecule has 1 aromatic heterocycles. The number of aromatic nitrogens is 1. The number of carbonyl (C=O) groups is 1. The second-order valence-electron chi connectivity index (χ2n) is 7.10. The summed E-state index contributed by atoms with van der Waals surface area (Å²) in [5.41, 5.74) is 0.982. The summed E-state index contributed by atoms with van der Waals surface area (Å²) >= 11 is 6.10. The zero-order chi connectivity index (χ0) is 21.0. The van der Waals surface area contributed by atoms with Gasteiger partial charge in [0.1, 0.15) is 11.8 Å². The van der Waals surface area contributed by atoms with Gasteiger partial charge in [0, 0.05) is 22.2 Å². The van der Waals surface area contributed by atoms with Crippen LogP contribution in [0.1, 0.15) is 44.2 Å². The number of nitriles is 1. The van der Waals surface area contributed by atoms with Crippen molar-refractivity contribution < 1.29 is 14.3 Å². The number of hydrogen-bond acceptors (Lipinski definition) is 5. The molecule has 1 aliphatic rings. The van der Waals surface area contributed by atoms with E-state index < -0.39 is 12.0 Å². The summed E-state index contributed by atoms with van der Waals surface area (Å²) in [5, 5.41) is 9.88. The maximum atomic E-state index is 13.0. The first kappa shape index (κ1) is 20.9. The first-order chi connectivity index (χ1) is 14.0. The second kappa shape index (κ2) is 9.15. The molecular formula is C22H23ClN2O4. The van der Waals surface area contributed by atoms with E-state index in [9.17, 15) is 14.9 Å². The van der Waals surface area contributed by atoms with Crippen molar-refractivity contribution in [3.05, 3.63) is 51.4 Å². The third-order valence-electron chi connectivity index (χ3n) is 5.33. The average molecular weight is 415 g/mol. The van der Waals surface area contributed by atoms with Gasteiger partial charge >= 0.3 is 5.97 Å². The number of pyridine rings is 1. The molecule has 7 heteroatoms. The first-order valence-electron chi connectivity index (χ1n) is 9.65. The van der Waals surface area contributed by atoms with Gasteiger partial charge in [0.05, 0.1) is 31.5 Å².